The normalized spacial score (nSPS) is 27.1. The van der Waals surface area contributed by atoms with Crippen molar-refractivity contribution in [2.75, 3.05) is 34.1 Å². The molecule has 0 radical (unpaired) electrons. The molecule has 0 aliphatic carbocycles. The minimum atomic E-state index is -0.405. The zero-order valence-corrected chi connectivity index (χ0v) is 22.3. The lowest BCUT2D eigenvalue weighted by Crippen LogP contribution is -2.68. The van der Waals surface area contributed by atoms with E-state index in [1.807, 2.05) is 13.8 Å². The molecule has 4 aliphatic heterocycles. The highest BCUT2D eigenvalue weighted by Crippen LogP contribution is 2.58. The molecule has 9 nitrogen and oxygen atoms in total. The Kier molecular flexibility index (Phi) is 5.94. The van der Waals surface area contributed by atoms with E-state index in [4.69, 9.17) is 24.7 Å². The third-order valence-electron chi connectivity index (χ3n) is 8.83. The Morgan fingerprint density at radius 2 is 1.97 bits per heavy atom. The zero-order chi connectivity index (χ0) is 26.9. The number of benzene rings is 2. The number of nitrogens with zero attached hydrogens (tertiary/aromatic N) is 3. The maximum atomic E-state index is 11.5. The fourth-order valence-electron chi connectivity index (χ4n) is 7.40. The van der Waals surface area contributed by atoms with E-state index in [2.05, 4.69) is 35.6 Å². The van der Waals surface area contributed by atoms with Crippen molar-refractivity contribution in [2.45, 2.75) is 56.9 Å². The predicted octanol–water partition coefficient (Wildman–Crippen LogP) is 3.04. The summed E-state index contributed by atoms with van der Waals surface area (Å²) in [5.41, 5.74) is 12.2. The van der Waals surface area contributed by atoms with Gasteiger partial charge in [-0.3, -0.25) is 9.80 Å². The van der Waals surface area contributed by atoms with Crippen molar-refractivity contribution in [1.82, 2.24) is 9.80 Å². The van der Waals surface area contributed by atoms with Crippen molar-refractivity contribution in [2.24, 2.45) is 5.73 Å². The number of methoxy groups -OCH3 is 1. The molecular formula is C29H34N4O5. The Balaban J connectivity index is 1.60. The molecule has 6 rings (SSSR count). The molecule has 0 spiro atoms. The summed E-state index contributed by atoms with van der Waals surface area (Å²) in [6.45, 7) is 8.52. The standard InChI is InChI=1S/C29H34N4O5/c1-6-7-36-27-15(3)28-29(38-13-37-28)23-17(27)10-19-24-22-16(8-14(2)26(35-5)25(22)34)9-18(32(24)4)20(11-30)33(19)21(23)12-31/h6,8,18-21,24,34H,1,7,9-10,12-13,31H2,2-5H3/t18-,19+,20+,21+,24+/m1/s1. The van der Waals surface area contributed by atoms with Gasteiger partial charge in [-0.05, 0) is 44.9 Å². The lowest BCUT2D eigenvalue weighted by Gasteiger charge is -2.60. The van der Waals surface area contributed by atoms with Gasteiger partial charge in [0.05, 0.1) is 25.3 Å². The molecule has 2 aromatic rings. The highest BCUT2D eigenvalue weighted by Gasteiger charge is 2.56. The summed E-state index contributed by atoms with van der Waals surface area (Å²) in [6.07, 6.45) is 2.96. The first-order chi connectivity index (χ1) is 18.4. The van der Waals surface area contributed by atoms with E-state index in [-0.39, 0.29) is 36.7 Å². The molecule has 200 valence electrons. The van der Waals surface area contributed by atoms with Gasteiger partial charge in [0, 0.05) is 40.9 Å². The number of fused-ring (bicyclic) bond motifs is 9. The Bertz CT molecular complexity index is 1370. The van der Waals surface area contributed by atoms with Crippen LogP contribution in [0, 0.1) is 25.2 Å². The summed E-state index contributed by atoms with van der Waals surface area (Å²) in [5.74, 6) is 2.78. The second-order valence-electron chi connectivity index (χ2n) is 10.6. The van der Waals surface area contributed by atoms with E-state index >= 15 is 0 Å². The Labute approximate surface area is 222 Å². The first-order valence-corrected chi connectivity index (χ1v) is 13.0. The largest absolute Gasteiger partial charge is 0.504 e. The highest BCUT2D eigenvalue weighted by atomic mass is 16.7. The number of phenolic OH excluding ortho intramolecular Hbond substituents is 1. The van der Waals surface area contributed by atoms with Crippen LogP contribution >= 0.6 is 0 Å². The summed E-state index contributed by atoms with van der Waals surface area (Å²) < 4.78 is 23.8. The maximum absolute atomic E-state index is 11.5. The molecule has 2 aromatic carbocycles. The number of hydrogen-bond donors (Lipinski definition) is 2. The van der Waals surface area contributed by atoms with Crippen molar-refractivity contribution in [3.8, 4) is 34.8 Å². The first kappa shape index (κ1) is 24.9. The van der Waals surface area contributed by atoms with Crippen LogP contribution < -0.4 is 24.7 Å². The maximum Gasteiger partial charge on any atom is 0.231 e. The summed E-state index contributed by atoms with van der Waals surface area (Å²) in [7, 11) is 3.64. The average Bonchev–Trinajstić information content (AvgIpc) is 3.39. The fraction of sp³-hybridized carbons (Fsp3) is 0.483. The molecule has 3 N–H and O–H groups in total. The zero-order valence-electron chi connectivity index (χ0n) is 22.3. The van der Waals surface area contributed by atoms with E-state index in [9.17, 15) is 10.4 Å². The number of aryl methyl sites for hydroxylation is 1. The molecule has 0 amide bonds. The minimum absolute atomic E-state index is 0.0660. The molecule has 4 heterocycles. The minimum Gasteiger partial charge on any atom is -0.504 e. The van der Waals surface area contributed by atoms with Gasteiger partial charge in [-0.15, -0.1) is 0 Å². The summed E-state index contributed by atoms with van der Waals surface area (Å²) >= 11 is 0. The molecule has 9 heteroatoms. The van der Waals surface area contributed by atoms with Crippen LogP contribution in [-0.4, -0.2) is 67.1 Å². The van der Waals surface area contributed by atoms with E-state index in [0.29, 0.717) is 43.2 Å². The van der Waals surface area contributed by atoms with Gasteiger partial charge < -0.3 is 29.8 Å². The van der Waals surface area contributed by atoms with Gasteiger partial charge in [-0.25, -0.2) is 0 Å². The van der Waals surface area contributed by atoms with Crippen molar-refractivity contribution < 1.29 is 24.1 Å². The third kappa shape index (κ3) is 3.20. The quantitative estimate of drug-likeness (QED) is 0.577. The van der Waals surface area contributed by atoms with Gasteiger partial charge in [0.15, 0.2) is 23.0 Å². The monoisotopic (exact) mass is 518 g/mol. The molecule has 0 aromatic heterocycles. The Morgan fingerprint density at radius 3 is 2.66 bits per heavy atom. The number of rotatable bonds is 5. The number of piperazine rings is 1. The van der Waals surface area contributed by atoms with Crippen molar-refractivity contribution in [3.05, 3.63) is 52.1 Å². The van der Waals surface area contributed by atoms with Crippen LogP contribution in [0.3, 0.4) is 0 Å². The number of nitriles is 1. The first-order valence-electron chi connectivity index (χ1n) is 13.0. The number of likely N-dealkylation sites (N-methyl/N-ethyl adjacent to an activating group) is 1. The number of ether oxygens (including phenoxy) is 4. The fourth-order valence-corrected chi connectivity index (χ4v) is 7.40. The molecule has 5 atom stereocenters. The number of nitrogens with two attached hydrogens (primary N) is 1. The predicted molar refractivity (Wildman–Crippen MR) is 141 cm³/mol. The van der Waals surface area contributed by atoms with Gasteiger partial charge in [-0.2, -0.15) is 5.26 Å². The molecule has 0 unspecified atom stereocenters. The van der Waals surface area contributed by atoms with E-state index < -0.39 is 6.04 Å². The van der Waals surface area contributed by atoms with Crippen LogP contribution in [0.4, 0.5) is 0 Å². The topological polar surface area (TPSA) is 113 Å². The molecule has 2 bridgehead atoms. The Morgan fingerprint density at radius 1 is 1.21 bits per heavy atom. The van der Waals surface area contributed by atoms with Crippen LogP contribution in [0.25, 0.3) is 0 Å². The van der Waals surface area contributed by atoms with Gasteiger partial charge in [0.2, 0.25) is 6.79 Å². The molecule has 4 aliphatic rings. The second kappa shape index (κ2) is 9.09. The van der Waals surface area contributed by atoms with E-state index in [0.717, 1.165) is 39.1 Å². The molecule has 1 fully saturated rings. The molecular weight excluding hydrogens is 484 g/mol. The number of phenols is 1. The van der Waals surface area contributed by atoms with Crippen molar-refractivity contribution in [1.29, 1.82) is 5.26 Å². The molecule has 0 saturated carbocycles. The molecule has 1 saturated heterocycles. The highest BCUT2D eigenvalue weighted by molar-refractivity contribution is 5.66. The van der Waals surface area contributed by atoms with Gasteiger partial charge in [-0.1, -0.05) is 18.7 Å². The van der Waals surface area contributed by atoms with Crippen LogP contribution in [0.5, 0.6) is 28.7 Å². The van der Waals surface area contributed by atoms with Gasteiger partial charge in [0.25, 0.3) is 0 Å². The van der Waals surface area contributed by atoms with E-state index in [1.54, 1.807) is 13.2 Å². The van der Waals surface area contributed by atoms with E-state index in [1.165, 1.54) is 0 Å². The summed E-state index contributed by atoms with van der Waals surface area (Å²) in [4.78, 5) is 4.52. The van der Waals surface area contributed by atoms with Crippen LogP contribution in [0.2, 0.25) is 0 Å². The third-order valence-corrected chi connectivity index (χ3v) is 8.83. The summed E-state index contributed by atoms with van der Waals surface area (Å²) in [6, 6.07) is 3.64. The lowest BCUT2D eigenvalue weighted by molar-refractivity contribution is -0.0710. The van der Waals surface area contributed by atoms with Crippen LogP contribution in [0.1, 0.15) is 45.5 Å². The molecule has 38 heavy (non-hydrogen) atoms. The second-order valence-corrected chi connectivity index (χ2v) is 10.6. The smallest absolute Gasteiger partial charge is 0.231 e. The van der Waals surface area contributed by atoms with Gasteiger partial charge in [0.1, 0.15) is 18.4 Å². The van der Waals surface area contributed by atoms with Crippen LogP contribution in [0.15, 0.2) is 18.7 Å². The summed E-state index contributed by atoms with van der Waals surface area (Å²) in [5, 5.41) is 22.0. The average molecular weight is 519 g/mol. The Hall–Kier alpha value is -3.45. The number of aromatic hydroxyl groups is 1. The van der Waals surface area contributed by atoms with Crippen molar-refractivity contribution in [3.63, 3.8) is 0 Å². The van der Waals surface area contributed by atoms with Crippen molar-refractivity contribution >= 4 is 0 Å². The number of hydrogen-bond acceptors (Lipinski definition) is 9. The van der Waals surface area contributed by atoms with Crippen LogP contribution in [-0.2, 0) is 12.8 Å². The lowest BCUT2D eigenvalue weighted by atomic mass is 9.71. The van der Waals surface area contributed by atoms with Gasteiger partial charge >= 0.3 is 0 Å². The SMILES string of the molecule is C=CCOc1c(C)c2c(c3c1C[C@H]1[C@H]4c5c(cc(C)c(OC)c5O)C[C@H]([C@H](C#N)N1[C@H]3CN)N4C)OCO2.